The highest BCUT2D eigenvalue weighted by Crippen LogP contribution is 2.24. The van der Waals surface area contributed by atoms with Crippen molar-refractivity contribution in [1.82, 2.24) is 10.5 Å². The van der Waals surface area contributed by atoms with Crippen LogP contribution >= 0.6 is 0 Å². The van der Waals surface area contributed by atoms with E-state index in [4.69, 9.17) is 9.63 Å². The van der Waals surface area contributed by atoms with E-state index in [2.05, 4.69) is 10.5 Å². The average molecular weight is 286 g/mol. The van der Waals surface area contributed by atoms with E-state index in [1.807, 2.05) is 6.07 Å². The zero-order valence-electron chi connectivity index (χ0n) is 11.8. The Morgan fingerprint density at radius 3 is 3.00 bits per heavy atom. The van der Waals surface area contributed by atoms with Gasteiger partial charge < -0.3 is 14.9 Å². The summed E-state index contributed by atoms with van der Waals surface area (Å²) in [6, 6.07) is 6.96. The van der Waals surface area contributed by atoms with Gasteiger partial charge in [-0.05, 0) is 37.0 Å². The monoisotopic (exact) mass is 286 g/mol. The van der Waals surface area contributed by atoms with Crippen molar-refractivity contribution in [3.8, 4) is 0 Å². The number of aromatic nitrogens is 1. The number of aromatic carboxylic acids is 1. The quantitative estimate of drug-likeness (QED) is 0.883. The average Bonchev–Trinajstić information content (AvgIpc) is 2.91. The molecule has 1 aromatic carbocycles. The van der Waals surface area contributed by atoms with Crippen LogP contribution in [0.4, 0.5) is 0 Å². The summed E-state index contributed by atoms with van der Waals surface area (Å²) in [7, 11) is 0. The topological polar surface area (TPSA) is 75.4 Å². The predicted octanol–water partition coefficient (Wildman–Crippen LogP) is 2.54. The normalized spacial score (nSPS) is 13.9. The van der Waals surface area contributed by atoms with Crippen LogP contribution < -0.4 is 5.32 Å². The number of nitrogens with one attached hydrogen (secondary N) is 1. The second-order valence-corrected chi connectivity index (χ2v) is 5.35. The van der Waals surface area contributed by atoms with Crippen molar-refractivity contribution in [3.63, 3.8) is 0 Å². The molecular weight excluding hydrogens is 268 g/mol. The fourth-order valence-corrected chi connectivity index (χ4v) is 2.73. The second-order valence-electron chi connectivity index (χ2n) is 5.35. The smallest absolute Gasteiger partial charge is 0.335 e. The molecule has 0 amide bonds. The molecule has 0 spiro atoms. The fourth-order valence-electron chi connectivity index (χ4n) is 2.73. The first-order valence-electron chi connectivity index (χ1n) is 7.23. The van der Waals surface area contributed by atoms with Crippen molar-refractivity contribution in [3.05, 3.63) is 52.4 Å². The van der Waals surface area contributed by atoms with Gasteiger partial charge in [0.15, 0.2) is 0 Å². The number of carboxylic acids is 1. The van der Waals surface area contributed by atoms with Gasteiger partial charge in [-0.3, -0.25) is 0 Å². The molecule has 0 unspecified atom stereocenters. The van der Waals surface area contributed by atoms with Crippen LogP contribution in [0.25, 0.3) is 0 Å². The Balaban J connectivity index is 1.60. The Bertz CT molecular complexity index is 649. The summed E-state index contributed by atoms with van der Waals surface area (Å²) in [4.78, 5) is 10.9. The molecule has 3 rings (SSSR count). The van der Waals surface area contributed by atoms with Gasteiger partial charge in [0.1, 0.15) is 11.5 Å². The number of hydrogen-bond donors (Lipinski definition) is 2. The van der Waals surface area contributed by atoms with Crippen LogP contribution in [0, 0.1) is 0 Å². The summed E-state index contributed by atoms with van der Waals surface area (Å²) in [6.45, 7) is 1.26. The van der Waals surface area contributed by atoms with E-state index in [0.717, 1.165) is 29.9 Å². The standard InChI is InChI=1S/C16H18N2O3/c19-16(20)12-5-3-4-11(8-12)9-17-10-14-13-6-1-2-7-15(13)21-18-14/h3-5,8,17H,1-2,6-7,9-10H2,(H,19,20). The number of hydrogen-bond acceptors (Lipinski definition) is 4. The van der Waals surface area contributed by atoms with Gasteiger partial charge >= 0.3 is 5.97 Å². The number of fused-ring (bicyclic) bond motifs is 1. The molecule has 0 aliphatic heterocycles. The minimum Gasteiger partial charge on any atom is -0.478 e. The lowest BCUT2D eigenvalue weighted by Crippen LogP contribution is -2.15. The van der Waals surface area contributed by atoms with E-state index < -0.39 is 5.97 Å². The van der Waals surface area contributed by atoms with Crippen LogP contribution in [-0.4, -0.2) is 16.2 Å². The number of rotatable bonds is 5. The summed E-state index contributed by atoms with van der Waals surface area (Å²) in [5, 5.41) is 16.4. The maximum atomic E-state index is 10.9. The molecule has 110 valence electrons. The Morgan fingerprint density at radius 2 is 2.14 bits per heavy atom. The molecule has 0 bridgehead atoms. The van der Waals surface area contributed by atoms with Crippen LogP contribution in [0.15, 0.2) is 28.8 Å². The zero-order valence-corrected chi connectivity index (χ0v) is 11.8. The number of benzene rings is 1. The van der Waals surface area contributed by atoms with Gasteiger partial charge in [0.05, 0.1) is 5.56 Å². The first-order chi connectivity index (χ1) is 10.2. The molecule has 0 atom stereocenters. The third kappa shape index (κ3) is 3.13. The van der Waals surface area contributed by atoms with Crippen LogP contribution in [0.2, 0.25) is 0 Å². The van der Waals surface area contributed by atoms with E-state index in [1.54, 1.807) is 18.2 Å². The molecule has 0 saturated heterocycles. The summed E-state index contributed by atoms with van der Waals surface area (Å²) in [6.07, 6.45) is 4.41. The third-order valence-corrected chi connectivity index (χ3v) is 3.83. The van der Waals surface area contributed by atoms with Gasteiger partial charge in [0.25, 0.3) is 0 Å². The third-order valence-electron chi connectivity index (χ3n) is 3.83. The minimum atomic E-state index is -0.901. The van der Waals surface area contributed by atoms with Crippen LogP contribution in [0.5, 0.6) is 0 Å². The van der Waals surface area contributed by atoms with Crippen molar-refractivity contribution in [1.29, 1.82) is 0 Å². The summed E-state index contributed by atoms with van der Waals surface area (Å²) in [5.41, 5.74) is 3.51. The lowest BCUT2D eigenvalue weighted by Gasteiger charge is -2.09. The van der Waals surface area contributed by atoms with Gasteiger partial charge in [-0.15, -0.1) is 0 Å². The minimum absolute atomic E-state index is 0.313. The molecule has 2 N–H and O–H groups in total. The maximum absolute atomic E-state index is 10.9. The molecule has 2 aromatic rings. The van der Waals surface area contributed by atoms with E-state index >= 15 is 0 Å². The van der Waals surface area contributed by atoms with Gasteiger partial charge in [-0.25, -0.2) is 4.79 Å². The van der Waals surface area contributed by atoms with Crippen molar-refractivity contribution >= 4 is 5.97 Å². The van der Waals surface area contributed by atoms with Gasteiger partial charge in [0, 0.05) is 25.1 Å². The molecule has 5 nitrogen and oxygen atoms in total. The highest BCUT2D eigenvalue weighted by molar-refractivity contribution is 5.87. The van der Waals surface area contributed by atoms with Crippen LogP contribution in [0.1, 0.15) is 45.8 Å². The molecule has 1 aromatic heterocycles. The molecule has 1 aliphatic rings. The molecule has 1 heterocycles. The molecular formula is C16H18N2O3. The van der Waals surface area contributed by atoms with Crippen molar-refractivity contribution in [2.24, 2.45) is 0 Å². The Labute approximate surface area is 123 Å². The predicted molar refractivity (Wildman–Crippen MR) is 77.1 cm³/mol. The van der Waals surface area contributed by atoms with E-state index in [0.29, 0.717) is 18.7 Å². The highest BCUT2D eigenvalue weighted by atomic mass is 16.5. The van der Waals surface area contributed by atoms with Gasteiger partial charge in [-0.1, -0.05) is 17.3 Å². The Kier molecular flexibility index (Phi) is 4.01. The lowest BCUT2D eigenvalue weighted by molar-refractivity contribution is 0.0696. The van der Waals surface area contributed by atoms with Gasteiger partial charge in [0.2, 0.25) is 0 Å². The van der Waals surface area contributed by atoms with E-state index in [-0.39, 0.29) is 0 Å². The SMILES string of the molecule is O=C(O)c1cccc(CNCc2noc3c2CCCC3)c1. The van der Waals surface area contributed by atoms with E-state index in [9.17, 15) is 4.79 Å². The fraction of sp³-hybridized carbons (Fsp3) is 0.375. The molecule has 0 saturated carbocycles. The number of aryl methyl sites for hydroxylation is 1. The Hall–Kier alpha value is -2.14. The zero-order chi connectivity index (χ0) is 14.7. The summed E-state index contributed by atoms with van der Waals surface area (Å²) in [5.74, 6) is 0.133. The maximum Gasteiger partial charge on any atom is 0.335 e. The molecule has 0 radical (unpaired) electrons. The number of nitrogens with zero attached hydrogens (tertiary/aromatic N) is 1. The molecule has 1 aliphatic carbocycles. The van der Waals surface area contributed by atoms with Gasteiger partial charge in [-0.2, -0.15) is 0 Å². The van der Waals surface area contributed by atoms with Crippen LogP contribution in [0.3, 0.4) is 0 Å². The van der Waals surface area contributed by atoms with Crippen molar-refractivity contribution < 1.29 is 14.4 Å². The summed E-state index contributed by atoms with van der Waals surface area (Å²) >= 11 is 0. The van der Waals surface area contributed by atoms with Crippen LogP contribution in [-0.2, 0) is 25.9 Å². The number of carbonyl (C=O) groups is 1. The van der Waals surface area contributed by atoms with E-state index in [1.165, 1.54) is 18.4 Å². The first-order valence-corrected chi connectivity index (χ1v) is 7.23. The highest BCUT2D eigenvalue weighted by Gasteiger charge is 2.18. The lowest BCUT2D eigenvalue weighted by atomic mass is 9.96. The largest absolute Gasteiger partial charge is 0.478 e. The Morgan fingerprint density at radius 1 is 1.29 bits per heavy atom. The van der Waals surface area contributed by atoms with Crippen molar-refractivity contribution in [2.75, 3.05) is 0 Å². The summed E-state index contributed by atoms with van der Waals surface area (Å²) < 4.78 is 5.37. The molecule has 21 heavy (non-hydrogen) atoms. The molecule has 0 fully saturated rings. The van der Waals surface area contributed by atoms with Crippen molar-refractivity contribution in [2.45, 2.75) is 38.8 Å². The second kappa shape index (κ2) is 6.10. The molecule has 5 heteroatoms. The number of carboxylic acid groups (broad SMARTS) is 1. The first kappa shape index (κ1) is 13.8.